The maximum absolute atomic E-state index is 10.3. The third-order valence-electron chi connectivity index (χ3n) is 3.67. The largest absolute Gasteiger partial charge is 0.388 e. The van der Waals surface area contributed by atoms with E-state index in [-0.39, 0.29) is 6.10 Å². The molecule has 0 bridgehead atoms. The third kappa shape index (κ3) is 4.74. The van der Waals surface area contributed by atoms with Gasteiger partial charge in [-0.05, 0) is 36.5 Å². The molecule has 0 aliphatic heterocycles. The van der Waals surface area contributed by atoms with Gasteiger partial charge in [0.2, 0.25) is 0 Å². The van der Waals surface area contributed by atoms with Crippen molar-refractivity contribution in [1.29, 1.82) is 0 Å². The number of benzene rings is 1. The highest BCUT2D eigenvalue weighted by Gasteiger charge is 2.15. The molecule has 18 heavy (non-hydrogen) atoms. The molecular weight excluding hydrogens is 288 g/mol. The Morgan fingerprint density at radius 1 is 1.28 bits per heavy atom. The number of rotatable bonds is 7. The van der Waals surface area contributed by atoms with E-state index in [4.69, 9.17) is 0 Å². The number of hydrogen-bond acceptors (Lipinski definition) is 1. The van der Waals surface area contributed by atoms with Crippen molar-refractivity contribution in [2.45, 2.75) is 59.0 Å². The molecule has 102 valence electrons. The van der Waals surface area contributed by atoms with Crippen molar-refractivity contribution in [3.05, 3.63) is 33.8 Å². The first kappa shape index (κ1) is 15.7. The zero-order valence-electron chi connectivity index (χ0n) is 11.7. The molecule has 0 spiro atoms. The topological polar surface area (TPSA) is 20.2 Å². The fourth-order valence-corrected chi connectivity index (χ4v) is 2.56. The highest BCUT2D eigenvalue weighted by Crippen LogP contribution is 2.28. The van der Waals surface area contributed by atoms with Gasteiger partial charge in [0.1, 0.15) is 0 Å². The molecule has 1 aromatic carbocycles. The van der Waals surface area contributed by atoms with Crippen molar-refractivity contribution in [1.82, 2.24) is 0 Å². The lowest BCUT2D eigenvalue weighted by atomic mass is 9.90. The molecule has 1 nitrogen and oxygen atoms in total. The van der Waals surface area contributed by atoms with E-state index in [9.17, 15) is 5.11 Å². The second-order valence-electron chi connectivity index (χ2n) is 5.18. The van der Waals surface area contributed by atoms with E-state index in [1.807, 2.05) is 12.1 Å². The number of unbranched alkanes of at least 4 members (excludes halogenated alkanes) is 1. The average molecular weight is 313 g/mol. The van der Waals surface area contributed by atoms with Crippen LogP contribution >= 0.6 is 15.9 Å². The van der Waals surface area contributed by atoms with Crippen molar-refractivity contribution in [2.75, 3.05) is 0 Å². The molecule has 0 heterocycles. The second kappa shape index (κ2) is 7.96. The van der Waals surface area contributed by atoms with Gasteiger partial charge in [0.25, 0.3) is 0 Å². The molecule has 2 atom stereocenters. The molecule has 0 aliphatic rings. The lowest BCUT2D eigenvalue weighted by Crippen LogP contribution is -2.07. The highest BCUT2D eigenvalue weighted by atomic mass is 79.9. The Morgan fingerprint density at radius 2 is 2.00 bits per heavy atom. The number of aliphatic hydroxyl groups is 1. The van der Waals surface area contributed by atoms with Crippen LogP contribution in [0.3, 0.4) is 0 Å². The molecule has 2 heteroatoms. The van der Waals surface area contributed by atoms with E-state index < -0.39 is 0 Å². The molecule has 0 aromatic heterocycles. The number of aryl methyl sites for hydroxylation is 1. The van der Waals surface area contributed by atoms with Gasteiger partial charge in [-0.2, -0.15) is 0 Å². The summed E-state index contributed by atoms with van der Waals surface area (Å²) in [6, 6.07) is 6.14. The van der Waals surface area contributed by atoms with Crippen LogP contribution in [0.25, 0.3) is 0 Å². The fraction of sp³-hybridized carbons (Fsp3) is 0.625. The normalized spacial score (nSPS) is 14.5. The van der Waals surface area contributed by atoms with Crippen molar-refractivity contribution < 1.29 is 5.11 Å². The van der Waals surface area contributed by atoms with Crippen LogP contribution in [0.5, 0.6) is 0 Å². The Bertz CT molecular complexity index is 362. The van der Waals surface area contributed by atoms with Gasteiger partial charge < -0.3 is 5.11 Å². The van der Waals surface area contributed by atoms with Gasteiger partial charge in [-0.3, -0.25) is 0 Å². The van der Waals surface area contributed by atoms with Gasteiger partial charge >= 0.3 is 0 Å². The first-order valence-corrected chi connectivity index (χ1v) is 7.81. The Hall–Kier alpha value is -0.340. The van der Waals surface area contributed by atoms with E-state index in [0.29, 0.717) is 5.92 Å². The summed E-state index contributed by atoms with van der Waals surface area (Å²) in [6.45, 7) is 6.51. The van der Waals surface area contributed by atoms with Crippen molar-refractivity contribution in [3.8, 4) is 0 Å². The smallest absolute Gasteiger partial charge is 0.0792 e. The van der Waals surface area contributed by atoms with Crippen LogP contribution in [0.15, 0.2) is 22.7 Å². The maximum Gasteiger partial charge on any atom is 0.0792 e. The number of hydrogen-bond donors (Lipinski definition) is 1. The van der Waals surface area contributed by atoms with Crippen LogP contribution in [0, 0.1) is 12.8 Å². The molecule has 0 aliphatic carbocycles. The van der Waals surface area contributed by atoms with Gasteiger partial charge in [-0.15, -0.1) is 0 Å². The molecule has 1 N–H and O–H groups in total. The summed E-state index contributed by atoms with van der Waals surface area (Å²) in [4.78, 5) is 0. The molecule has 0 amide bonds. The van der Waals surface area contributed by atoms with Crippen molar-refractivity contribution in [2.24, 2.45) is 5.92 Å². The Kier molecular flexibility index (Phi) is 6.95. The van der Waals surface area contributed by atoms with Crippen LogP contribution in [0.4, 0.5) is 0 Å². The molecule has 0 fully saturated rings. The summed E-state index contributed by atoms with van der Waals surface area (Å²) < 4.78 is 1.11. The number of halogens is 1. The van der Waals surface area contributed by atoms with Crippen LogP contribution in [-0.2, 0) is 0 Å². The van der Waals surface area contributed by atoms with E-state index in [1.165, 1.54) is 24.8 Å². The summed E-state index contributed by atoms with van der Waals surface area (Å²) in [6.07, 6.45) is 5.47. The Balaban J connectivity index is 2.62. The minimum atomic E-state index is -0.321. The molecule has 0 radical (unpaired) electrons. The second-order valence-corrected chi connectivity index (χ2v) is 6.03. The Morgan fingerprint density at radius 3 is 2.56 bits per heavy atom. The van der Waals surface area contributed by atoms with Crippen LogP contribution in [-0.4, -0.2) is 5.11 Å². The van der Waals surface area contributed by atoms with Crippen LogP contribution in [0.1, 0.15) is 63.2 Å². The highest BCUT2D eigenvalue weighted by molar-refractivity contribution is 9.10. The van der Waals surface area contributed by atoms with Gasteiger partial charge in [-0.1, -0.05) is 67.6 Å². The fourth-order valence-electron chi connectivity index (χ4n) is 2.31. The summed E-state index contributed by atoms with van der Waals surface area (Å²) >= 11 is 3.50. The van der Waals surface area contributed by atoms with Crippen molar-refractivity contribution in [3.63, 3.8) is 0 Å². The average Bonchev–Trinajstić information content (AvgIpc) is 2.37. The van der Waals surface area contributed by atoms with Gasteiger partial charge in [0.05, 0.1) is 6.10 Å². The summed E-state index contributed by atoms with van der Waals surface area (Å²) in [5.74, 6) is 0.643. The van der Waals surface area contributed by atoms with E-state index >= 15 is 0 Å². The maximum atomic E-state index is 10.3. The minimum Gasteiger partial charge on any atom is -0.388 e. The van der Waals surface area contributed by atoms with Crippen molar-refractivity contribution >= 4 is 15.9 Å². The van der Waals surface area contributed by atoms with E-state index in [1.54, 1.807) is 0 Å². The first-order valence-electron chi connectivity index (χ1n) is 7.02. The molecule has 1 aromatic rings. The molecule has 2 unspecified atom stereocenters. The zero-order valence-corrected chi connectivity index (χ0v) is 13.3. The molecular formula is C16H25BrO. The van der Waals surface area contributed by atoms with Gasteiger partial charge in [-0.25, -0.2) is 0 Å². The lowest BCUT2D eigenvalue weighted by Gasteiger charge is -2.19. The summed E-state index contributed by atoms with van der Waals surface area (Å²) in [7, 11) is 0. The summed E-state index contributed by atoms with van der Waals surface area (Å²) in [5, 5.41) is 10.3. The minimum absolute atomic E-state index is 0.321. The lowest BCUT2D eigenvalue weighted by molar-refractivity contribution is 0.139. The predicted octanol–water partition coefficient (Wildman–Crippen LogP) is 5.40. The molecule has 0 saturated carbocycles. The van der Waals surface area contributed by atoms with E-state index in [0.717, 1.165) is 22.9 Å². The number of aliphatic hydroxyl groups excluding tert-OH is 1. The van der Waals surface area contributed by atoms with Crippen LogP contribution < -0.4 is 0 Å². The zero-order chi connectivity index (χ0) is 13.5. The molecule has 0 saturated heterocycles. The first-order chi connectivity index (χ1) is 8.58. The predicted molar refractivity (Wildman–Crippen MR) is 81.8 cm³/mol. The van der Waals surface area contributed by atoms with Gasteiger partial charge in [0, 0.05) is 4.47 Å². The SMILES string of the molecule is CCCCC(CC)CC(O)c1ccc(Br)c(C)c1. The Labute approximate surface area is 120 Å². The van der Waals surface area contributed by atoms with E-state index in [2.05, 4.69) is 42.8 Å². The third-order valence-corrected chi connectivity index (χ3v) is 4.56. The monoisotopic (exact) mass is 312 g/mol. The standard InChI is InChI=1S/C16H25BrO/c1-4-6-7-13(5-2)11-16(18)14-8-9-15(17)12(3)10-14/h8-10,13,16,18H,4-7,11H2,1-3H3. The quantitative estimate of drug-likeness (QED) is 0.715. The van der Waals surface area contributed by atoms with Gasteiger partial charge in [0.15, 0.2) is 0 Å². The molecule has 1 rings (SSSR count). The van der Waals surface area contributed by atoms with Crippen LogP contribution in [0.2, 0.25) is 0 Å². The summed E-state index contributed by atoms with van der Waals surface area (Å²) in [5.41, 5.74) is 2.24.